The fourth-order valence-electron chi connectivity index (χ4n) is 4.32. The molecule has 0 atom stereocenters. The number of carbonyl (C=O) groups is 1. The van der Waals surface area contributed by atoms with Gasteiger partial charge in [-0.1, -0.05) is 47.1 Å². The summed E-state index contributed by atoms with van der Waals surface area (Å²) in [7, 11) is 1.68. The molecule has 0 bridgehead atoms. The van der Waals surface area contributed by atoms with Crippen LogP contribution in [0.25, 0.3) is 34.0 Å². The van der Waals surface area contributed by atoms with E-state index in [4.69, 9.17) is 25.6 Å². The van der Waals surface area contributed by atoms with E-state index in [1.165, 1.54) is 5.56 Å². The first-order chi connectivity index (χ1) is 18.6. The van der Waals surface area contributed by atoms with E-state index in [0.717, 1.165) is 34.4 Å². The number of aryl methyl sites for hydroxylation is 2. The van der Waals surface area contributed by atoms with E-state index in [1.54, 1.807) is 19.4 Å². The molecule has 0 aliphatic rings. The van der Waals surface area contributed by atoms with Gasteiger partial charge < -0.3 is 14.0 Å². The molecule has 2 aromatic heterocycles. The summed E-state index contributed by atoms with van der Waals surface area (Å²) in [6, 6.07) is 16.1. The molecule has 2 heterocycles. The van der Waals surface area contributed by atoms with E-state index < -0.39 is 5.60 Å². The van der Waals surface area contributed by atoms with E-state index in [9.17, 15) is 4.79 Å². The van der Waals surface area contributed by atoms with Crippen molar-refractivity contribution in [3.63, 3.8) is 0 Å². The highest BCUT2D eigenvalue weighted by molar-refractivity contribution is 6.31. The number of esters is 1. The lowest BCUT2D eigenvalue weighted by atomic mass is 9.94. The van der Waals surface area contributed by atoms with Gasteiger partial charge in [-0.3, -0.25) is 9.78 Å². The molecular weight excluding hydrogens is 514 g/mol. The molecule has 0 N–H and O–H groups in total. The van der Waals surface area contributed by atoms with Gasteiger partial charge in [0.2, 0.25) is 5.82 Å². The number of pyridine rings is 1. The minimum absolute atomic E-state index is 0.191. The lowest BCUT2D eigenvalue weighted by Gasteiger charge is -2.19. The number of hydrogen-bond acceptors (Lipinski definition) is 7. The molecule has 204 valence electrons. The van der Waals surface area contributed by atoms with E-state index in [2.05, 4.69) is 40.2 Å². The summed E-state index contributed by atoms with van der Waals surface area (Å²) in [6.07, 6.45) is 4.21. The maximum absolute atomic E-state index is 11.9. The van der Waals surface area contributed by atoms with Crippen LogP contribution < -0.4 is 0 Å². The van der Waals surface area contributed by atoms with Gasteiger partial charge in [0.1, 0.15) is 5.60 Å². The Morgan fingerprint density at radius 1 is 1.03 bits per heavy atom. The van der Waals surface area contributed by atoms with Gasteiger partial charge in [0, 0.05) is 30.9 Å². The van der Waals surface area contributed by atoms with Gasteiger partial charge in [0.15, 0.2) is 0 Å². The minimum Gasteiger partial charge on any atom is -0.460 e. The van der Waals surface area contributed by atoms with E-state index in [0.29, 0.717) is 48.2 Å². The van der Waals surface area contributed by atoms with Gasteiger partial charge in [-0.05, 0) is 87.4 Å². The SMILES string of the molecule is COCc1cc(-c2nc(-c3cnc(CCCCC(=O)OC(C)(C)C)c(Cl)c3)no2)ccc1-c1ccccc1C. The van der Waals surface area contributed by atoms with Crippen LogP contribution in [0.4, 0.5) is 0 Å². The van der Waals surface area contributed by atoms with Crippen molar-refractivity contribution in [3.8, 4) is 34.0 Å². The molecule has 0 aliphatic heterocycles. The Labute approximate surface area is 234 Å². The van der Waals surface area contributed by atoms with Gasteiger partial charge in [-0.25, -0.2) is 0 Å². The Morgan fingerprint density at radius 2 is 1.82 bits per heavy atom. The predicted molar refractivity (Wildman–Crippen MR) is 152 cm³/mol. The minimum atomic E-state index is -0.469. The predicted octanol–water partition coefficient (Wildman–Crippen LogP) is 7.63. The largest absolute Gasteiger partial charge is 0.460 e. The van der Waals surface area contributed by atoms with Crippen molar-refractivity contribution in [1.29, 1.82) is 0 Å². The van der Waals surface area contributed by atoms with Crippen LogP contribution in [0.2, 0.25) is 5.02 Å². The van der Waals surface area contributed by atoms with E-state index in [1.807, 2.05) is 45.0 Å². The zero-order chi connectivity index (χ0) is 28.0. The van der Waals surface area contributed by atoms with Crippen molar-refractivity contribution in [2.24, 2.45) is 0 Å². The van der Waals surface area contributed by atoms with Gasteiger partial charge in [0.05, 0.1) is 17.3 Å². The number of benzene rings is 2. The van der Waals surface area contributed by atoms with Gasteiger partial charge in [-0.15, -0.1) is 0 Å². The maximum Gasteiger partial charge on any atom is 0.306 e. The zero-order valence-corrected chi connectivity index (χ0v) is 23.8. The highest BCUT2D eigenvalue weighted by atomic mass is 35.5. The summed E-state index contributed by atoms with van der Waals surface area (Å²) in [5, 5.41) is 4.69. The molecule has 0 unspecified atom stereocenters. The number of carbonyl (C=O) groups excluding carboxylic acids is 1. The second kappa shape index (κ2) is 12.5. The van der Waals surface area contributed by atoms with Gasteiger partial charge in [-0.2, -0.15) is 4.98 Å². The molecule has 0 amide bonds. The molecule has 0 saturated heterocycles. The average molecular weight is 548 g/mol. The summed E-state index contributed by atoms with van der Waals surface area (Å²) in [4.78, 5) is 21.0. The van der Waals surface area contributed by atoms with Crippen LogP contribution in [0.3, 0.4) is 0 Å². The van der Waals surface area contributed by atoms with Crippen molar-refractivity contribution < 1.29 is 18.8 Å². The smallest absolute Gasteiger partial charge is 0.306 e. The van der Waals surface area contributed by atoms with Crippen LogP contribution in [0.1, 0.15) is 56.9 Å². The van der Waals surface area contributed by atoms with Crippen LogP contribution in [0.5, 0.6) is 0 Å². The summed E-state index contributed by atoms with van der Waals surface area (Å²) in [5.74, 6) is 0.622. The summed E-state index contributed by atoms with van der Waals surface area (Å²) in [5.41, 5.74) is 6.26. The molecule has 2 aromatic carbocycles. The standard InChI is InChI=1S/C31H34ClN3O4/c1-20-10-6-7-11-24(20)25-15-14-21(16-23(25)19-37-5)30-34-29(35-39-30)22-17-26(32)27(33-18-22)12-8-9-13-28(36)38-31(2,3)4/h6-7,10-11,14-18H,8-9,12-13,19H2,1-5H3. The van der Waals surface area contributed by atoms with Gasteiger partial charge >= 0.3 is 5.97 Å². The number of methoxy groups -OCH3 is 1. The summed E-state index contributed by atoms with van der Waals surface area (Å²) >= 11 is 6.52. The molecule has 0 saturated carbocycles. The van der Waals surface area contributed by atoms with Crippen molar-refractivity contribution >= 4 is 17.6 Å². The van der Waals surface area contributed by atoms with Crippen LogP contribution in [-0.4, -0.2) is 33.8 Å². The van der Waals surface area contributed by atoms with Crippen molar-refractivity contribution in [2.45, 2.75) is 65.6 Å². The van der Waals surface area contributed by atoms with Crippen LogP contribution in [0, 0.1) is 6.92 Å². The number of hydrogen-bond donors (Lipinski definition) is 0. The highest BCUT2D eigenvalue weighted by Crippen LogP contribution is 2.32. The van der Waals surface area contributed by atoms with Crippen LogP contribution in [0.15, 0.2) is 59.3 Å². The third-order valence-electron chi connectivity index (χ3n) is 6.15. The first-order valence-electron chi connectivity index (χ1n) is 13.0. The molecular formula is C31H34ClN3O4. The molecule has 0 radical (unpaired) electrons. The number of rotatable bonds is 10. The number of halogens is 1. The van der Waals surface area contributed by atoms with Crippen LogP contribution in [-0.2, 0) is 27.3 Å². The second-order valence-corrected chi connectivity index (χ2v) is 10.9. The van der Waals surface area contributed by atoms with E-state index in [-0.39, 0.29) is 5.97 Å². The fraction of sp³-hybridized carbons (Fsp3) is 0.355. The topological polar surface area (TPSA) is 87.3 Å². The Balaban J connectivity index is 1.45. The summed E-state index contributed by atoms with van der Waals surface area (Å²) < 4.78 is 16.4. The monoisotopic (exact) mass is 547 g/mol. The lowest BCUT2D eigenvalue weighted by molar-refractivity contribution is -0.154. The fourth-order valence-corrected chi connectivity index (χ4v) is 4.59. The number of nitrogens with zero attached hydrogens (tertiary/aromatic N) is 3. The molecule has 7 nitrogen and oxygen atoms in total. The molecule has 0 spiro atoms. The third kappa shape index (κ3) is 7.52. The molecule has 4 rings (SSSR count). The normalized spacial score (nSPS) is 11.5. The number of ether oxygens (including phenoxy) is 2. The zero-order valence-electron chi connectivity index (χ0n) is 23.1. The Morgan fingerprint density at radius 3 is 2.54 bits per heavy atom. The highest BCUT2D eigenvalue weighted by Gasteiger charge is 2.17. The Hall–Kier alpha value is -3.55. The van der Waals surface area contributed by atoms with Gasteiger partial charge in [0.25, 0.3) is 5.89 Å². The lowest BCUT2D eigenvalue weighted by Crippen LogP contribution is -2.23. The summed E-state index contributed by atoms with van der Waals surface area (Å²) in [6.45, 7) is 8.15. The average Bonchev–Trinajstić information content (AvgIpc) is 3.37. The first kappa shape index (κ1) is 28.5. The molecule has 8 heteroatoms. The van der Waals surface area contributed by atoms with Crippen molar-refractivity contribution in [2.75, 3.05) is 7.11 Å². The number of aromatic nitrogens is 3. The van der Waals surface area contributed by atoms with Crippen molar-refractivity contribution in [1.82, 2.24) is 15.1 Å². The molecule has 39 heavy (non-hydrogen) atoms. The first-order valence-corrected chi connectivity index (χ1v) is 13.4. The Bertz CT molecular complexity index is 1440. The second-order valence-electron chi connectivity index (χ2n) is 10.5. The maximum atomic E-state index is 11.9. The molecule has 0 fully saturated rings. The van der Waals surface area contributed by atoms with Crippen molar-refractivity contribution in [3.05, 3.63) is 76.6 Å². The van der Waals surface area contributed by atoms with E-state index >= 15 is 0 Å². The molecule has 0 aliphatic carbocycles. The quantitative estimate of drug-likeness (QED) is 0.149. The third-order valence-corrected chi connectivity index (χ3v) is 6.48. The number of unbranched alkanes of at least 4 members (excludes halogenated alkanes) is 1. The molecule has 4 aromatic rings. The Kier molecular flexibility index (Phi) is 9.15. The van der Waals surface area contributed by atoms with Crippen LogP contribution >= 0.6 is 11.6 Å².